The predicted octanol–water partition coefficient (Wildman–Crippen LogP) is 3.48. The first-order valence-corrected chi connectivity index (χ1v) is 6.26. The third-order valence-electron chi connectivity index (χ3n) is 2.87. The normalized spacial score (nSPS) is 18.9. The van der Waals surface area contributed by atoms with Gasteiger partial charge in [0.15, 0.2) is 0 Å². The Kier molecular flexibility index (Phi) is 4.56. The molecule has 0 bridgehead atoms. The Bertz CT molecular complexity index is 294. The molecule has 106 valence electrons. The molecule has 0 atom stereocenters. The summed E-state index contributed by atoms with van der Waals surface area (Å²) in [4.78, 5) is 13.2. The number of ether oxygens (including phenoxy) is 1. The van der Waals surface area contributed by atoms with Gasteiger partial charge in [-0.05, 0) is 33.6 Å². The van der Waals surface area contributed by atoms with E-state index in [1.807, 2.05) is 0 Å². The molecule has 7 heteroatoms. The van der Waals surface area contributed by atoms with Crippen molar-refractivity contribution in [1.29, 1.82) is 0 Å². The van der Waals surface area contributed by atoms with E-state index in [0.717, 1.165) is 0 Å². The number of hydrogen-bond acceptors (Lipinski definition) is 2. The second-order valence-corrected chi connectivity index (χ2v) is 5.86. The van der Waals surface area contributed by atoms with Gasteiger partial charge in [0, 0.05) is 13.1 Å². The van der Waals surface area contributed by atoms with Crippen molar-refractivity contribution >= 4 is 13.1 Å². The van der Waals surface area contributed by atoms with Gasteiger partial charge < -0.3 is 22.6 Å². The van der Waals surface area contributed by atoms with E-state index in [-0.39, 0.29) is 5.92 Å². The molecule has 0 aromatic rings. The summed E-state index contributed by atoms with van der Waals surface area (Å²) in [5, 5.41) is 0. The van der Waals surface area contributed by atoms with Crippen LogP contribution in [-0.2, 0) is 4.74 Å². The molecule has 0 aromatic carbocycles. The molecule has 1 aliphatic rings. The lowest BCUT2D eigenvalue weighted by Gasteiger charge is -2.35. The van der Waals surface area contributed by atoms with Crippen LogP contribution in [0.3, 0.4) is 0 Å². The molecule has 0 saturated carbocycles. The van der Waals surface area contributed by atoms with Gasteiger partial charge in [0.2, 0.25) is 0 Å². The summed E-state index contributed by atoms with van der Waals surface area (Å²) in [5.74, 6) is -0.344. The minimum absolute atomic E-state index is 0.344. The maximum absolute atomic E-state index is 12.3. The number of rotatable bonds is 2. The highest BCUT2D eigenvalue weighted by Gasteiger charge is 2.32. The molecule has 1 saturated heterocycles. The molecule has 1 amide bonds. The van der Waals surface area contributed by atoms with Gasteiger partial charge in [-0.1, -0.05) is 12.2 Å². The Balaban J connectivity index is 2.37. The van der Waals surface area contributed by atoms with Crippen molar-refractivity contribution in [3.8, 4) is 0 Å². The summed E-state index contributed by atoms with van der Waals surface area (Å²) < 4.78 is 42.0. The first-order chi connectivity index (χ1) is 8.07. The zero-order valence-corrected chi connectivity index (χ0v) is 11.1. The Morgan fingerprint density at radius 3 is 2.17 bits per heavy atom. The van der Waals surface area contributed by atoms with Crippen molar-refractivity contribution in [1.82, 2.24) is 4.90 Å². The average Bonchev–Trinajstić information content (AvgIpc) is 2.13. The maximum atomic E-state index is 12.3. The van der Waals surface area contributed by atoms with Gasteiger partial charge in [-0.2, -0.15) is 0 Å². The molecule has 0 aromatic heterocycles. The maximum Gasteiger partial charge on any atom is 0.478 e. The smallest absolute Gasteiger partial charge is 0.449 e. The quantitative estimate of drug-likeness (QED) is 0.716. The van der Waals surface area contributed by atoms with Crippen molar-refractivity contribution in [3.05, 3.63) is 0 Å². The van der Waals surface area contributed by atoms with E-state index in [4.69, 9.17) is 4.74 Å². The monoisotopic (exact) mass is 266 g/mol. The minimum atomic E-state index is -4.72. The molecule has 0 aliphatic carbocycles. The van der Waals surface area contributed by atoms with Crippen LogP contribution in [0.4, 0.5) is 17.7 Å². The predicted molar refractivity (Wildman–Crippen MR) is 64.4 cm³/mol. The lowest BCUT2D eigenvalue weighted by atomic mass is 9.74. The summed E-state index contributed by atoms with van der Waals surface area (Å²) in [6.07, 6.45) is -0.318. The second kappa shape index (κ2) is 5.40. The van der Waals surface area contributed by atoms with Crippen LogP contribution in [0.15, 0.2) is 0 Å². The molecule has 0 unspecified atom stereocenters. The van der Waals surface area contributed by atoms with Crippen LogP contribution in [0.1, 0.15) is 33.6 Å². The van der Waals surface area contributed by atoms with E-state index in [1.54, 1.807) is 20.8 Å². The third-order valence-corrected chi connectivity index (χ3v) is 2.87. The van der Waals surface area contributed by atoms with E-state index in [0.29, 0.717) is 25.9 Å². The lowest BCUT2D eigenvalue weighted by Crippen LogP contribution is -2.42. The number of nitrogens with zero attached hydrogens (tertiary/aromatic N) is 1. The number of amides is 1. The van der Waals surface area contributed by atoms with Crippen molar-refractivity contribution in [2.45, 2.75) is 45.5 Å². The average molecular weight is 266 g/mol. The van der Waals surface area contributed by atoms with E-state index >= 15 is 0 Å². The highest BCUT2D eigenvalue weighted by molar-refractivity contribution is 6.58. The van der Waals surface area contributed by atoms with Crippen LogP contribution in [0, 0.1) is 5.92 Å². The molecule has 1 rings (SSSR count). The Morgan fingerprint density at radius 1 is 1.28 bits per heavy atom. The summed E-state index contributed by atoms with van der Waals surface area (Å²) in [6.45, 7) is 1.29. The van der Waals surface area contributed by atoms with Gasteiger partial charge in [-0.15, -0.1) is 0 Å². The van der Waals surface area contributed by atoms with Crippen molar-refractivity contribution in [2.75, 3.05) is 13.1 Å². The Labute approximate surface area is 106 Å². The number of piperidine rings is 1. The van der Waals surface area contributed by atoms with Crippen molar-refractivity contribution < 1.29 is 22.5 Å². The molecule has 1 aliphatic heterocycles. The molecule has 1 heterocycles. The van der Waals surface area contributed by atoms with Crippen molar-refractivity contribution in [2.24, 2.45) is 5.92 Å². The number of carbonyl (C=O) groups is 1. The molecule has 0 spiro atoms. The first kappa shape index (κ1) is 15.2. The molecule has 18 heavy (non-hydrogen) atoms. The fraction of sp³-hybridized carbons (Fsp3) is 0.909. The van der Waals surface area contributed by atoms with Gasteiger partial charge >= 0.3 is 13.1 Å². The van der Waals surface area contributed by atoms with Gasteiger partial charge in [0.05, 0.1) is 0 Å². The van der Waals surface area contributed by atoms with Crippen LogP contribution in [-0.4, -0.2) is 36.7 Å². The summed E-state index contributed by atoms with van der Waals surface area (Å²) in [7, 11) is 0. The first-order valence-electron chi connectivity index (χ1n) is 6.26. The Morgan fingerprint density at radius 2 is 1.78 bits per heavy atom. The molecular weight excluding hydrogens is 246 g/mol. The number of carbonyl (C=O) groups excluding carboxylic acids is 1. The SMILES string of the molecule is CC(C)(C)OC(=O)N1CCC(C[B-](F)(F)F)CC1. The van der Waals surface area contributed by atoms with Gasteiger partial charge in [-0.3, -0.25) is 0 Å². The molecule has 0 radical (unpaired) electrons. The second-order valence-electron chi connectivity index (χ2n) is 5.86. The molecule has 3 nitrogen and oxygen atoms in total. The zero-order chi connectivity index (χ0) is 14.0. The topological polar surface area (TPSA) is 29.5 Å². The summed E-state index contributed by atoms with van der Waals surface area (Å²) >= 11 is 0. The minimum Gasteiger partial charge on any atom is -0.449 e. The molecule has 0 N–H and O–H groups in total. The standard InChI is InChI=1S/C11H20BF3NO2/c1-11(2,3)18-10(17)16-6-4-9(5-7-16)8-12(13,14)15/h9H,4-8H2,1-3H3/q-1. The fourth-order valence-electron chi connectivity index (χ4n) is 2.06. The molecular formula is C11H20BF3NO2-. The lowest BCUT2D eigenvalue weighted by molar-refractivity contribution is 0.0188. The van der Waals surface area contributed by atoms with Crippen LogP contribution < -0.4 is 0 Å². The van der Waals surface area contributed by atoms with Crippen LogP contribution in [0.25, 0.3) is 0 Å². The van der Waals surface area contributed by atoms with Crippen LogP contribution in [0.5, 0.6) is 0 Å². The largest absolute Gasteiger partial charge is 0.478 e. The van der Waals surface area contributed by atoms with E-state index in [2.05, 4.69) is 0 Å². The van der Waals surface area contributed by atoms with E-state index in [9.17, 15) is 17.7 Å². The zero-order valence-electron chi connectivity index (χ0n) is 11.1. The summed E-state index contributed by atoms with van der Waals surface area (Å²) in [5.41, 5.74) is -0.566. The highest BCUT2D eigenvalue weighted by atomic mass is 19.4. The fourth-order valence-corrected chi connectivity index (χ4v) is 2.06. The molecule has 1 fully saturated rings. The van der Waals surface area contributed by atoms with Gasteiger partial charge in [0.25, 0.3) is 0 Å². The van der Waals surface area contributed by atoms with Gasteiger partial charge in [0.1, 0.15) is 5.60 Å². The third kappa shape index (κ3) is 5.64. The van der Waals surface area contributed by atoms with Crippen LogP contribution >= 0.6 is 0 Å². The number of hydrogen-bond donors (Lipinski definition) is 0. The van der Waals surface area contributed by atoms with Crippen molar-refractivity contribution in [3.63, 3.8) is 0 Å². The number of likely N-dealkylation sites (tertiary alicyclic amines) is 1. The van der Waals surface area contributed by atoms with E-state index < -0.39 is 25.0 Å². The highest BCUT2D eigenvalue weighted by Crippen LogP contribution is 2.29. The van der Waals surface area contributed by atoms with Crippen LogP contribution in [0.2, 0.25) is 6.32 Å². The van der Waals surface area contributed by atoms with Gasteiger partial charge in [-0.25, -0.2) is 4.79 Å². The van der Waals surface area contributed by atoms with E-state index in [1.165, 1.54) is 4.90 Å². The Hall–Kier alpha value is -0.875. The number of halogens is 3. The summed E-state index contributed by atoms with van der Waals surface area (Å²) in [6, 6.07) is 0.